The lowest BCUT2D eigenvalue weighted by atomic mass is 9.84. The van der Waals surface area contributed by atoms with Gasteiger partial charge in [-0.15, -0.1) is 0 Å². The zero-order valence-electron chi connectivity index (χ0n) is 44.3. The highest BCUT2D eigenvalue weighted by Crippen LogP contribution is 2.48. The van der Waals surface area contributed by atoms with E-state index in [-0.39, 0.29) is 36.0 Å². The minimum atomic E-state index is -0.771. The second-order valence-corrected chi connectivity index (χ2v) is 21.8. The topological polar surface area (TPSA) is 193 Å². The summed E-state index contributed by atoms with van der Waals surface area (Å²) in [5.74, 6) is 2.06. The van der Waals surface area contributed by atoms with Crippen LogP contribution < -0.4 is 10.6 Å². The summed E-state index contributed by atoms with van der Waals surface area (Å²) in [5, 5.41) is 5.59. The van der Waals surface area contributed by atoms with Crippen molar-refractivity contribution in [3.8, 4) is 22.3 Å². The van der Waals surface area contributed by atoms with Gasteiger partial charge in [-0.3, -0.25) is 9.59 Å². The lowest BCUT2D eigenvalue weighted by molar-refractivity contribution is -0.138. The van der Waals surface area contributed by atoms with Crippen LogP contribution in [0.4, 0.5) is 9.59 Å². The molecule has 400 valence electrons. The molecule has 8 aliphatic rings. The van der Waals surface area contributed by atoms with Gasteiger partial charge in [-0.25, -0.2) is 19.6 Å². The Labute approximate surface area is 444 Å². The third-order valence-corrected chi connectivity index (χ3v) is 17.4. The molecule has 76 heavy (non-hydrogen) atoms. The molecule has 4 N–H and O–H groups in total. The highest BCUT2D eigenvalue weighted by atomic mass is 16.5. The molecule has 14 rings (SSSR count). The maximum absolute atomic E-state index is 14.5. The summed E-state index contributed by atoms with van der Waals surface area (Å²) in [5.41, 5.74) is 13.4. The Morgan fingerprint density at radius 3 is 1.42 bits per heavy atom. The molecule has 6 aromatic rings. The van der Waals surface area contributed by atoms with Gasteiger partial charge >= 0.3 is 12.2 Å². The monoisotopic (exact) mass is 1030 g/mol. The van der Waals surface area contributed by atoms with Crippen molar-refractivity contribution in [3.63, 3.8) is 0 Å². The highest BCUT2D eigenvalue weighted by molar-refractivity contribution is 5.89. The van der Waals surface area contributed by atoms with Crippen molar-refractivity contribution in [1.29, 1.82) is 0 Å². The number of aromatic nitrogens is 4. The number of carbonyl (C=O) groups is 4. The summed E-state index contributed by atoms with van der Waals surface area (Å²) in [7, 11) is 5.82. The van der Waals surface area contributed by atoms with E-state index >= 15 is 0 Å². The first kappa shape index (κ1) is 51.3. The average molecular weight is 1030 g/mol. The smallest absolute Gasteiger partial charge is 0.407 e. The van der Waals surface area contributed by atoms with Crippen LogP contribution in [-0.2, 0) is 54.2 Å². The zero-order chi connectivity index (χ0) is 52.5. The number of rotatable bonds is 14. The van der Waals surface area contributed by atoms with E-state index in [0.29, 0.717) is 37.9 Å². The van der Waals surface area contributed by atoms with Gasteiger partial charge < -0.3 is 49.3 Å². The lowest BCUT2D eigenvalue weighted by Gasteiger charge is -2.35. The summed E-state index contributed by atoms with van der Waals surface area (Å²) in [6, 6.07) is 25.1. The SMILES string of the molecule is COCCC(NC(=O)OC)C(=O)N1C(c2nc3ccc(-c4cc5ccc4CCc4ccc(c(-c6ccc7nc(C8CC9CCCCC9N8C(=O)C(CCOC)NC(=O)OC)[nH]c7c6)c4)CC5)cc3[nH]2)CC2CCCCC21. The Bertz CT molecular complexity index is 2910. The molecule has 4 amide bonds. The van der Waals surface area contributed by atoms with Crippen molar-refractivity contribution in [1.82, 2.24) is 40.4 Å². The minimum absolute atomic E-state index is 0.0838. The molecular formula is C60H72N8O8. The van der Waals surface area contributed by atoms with E-state index in [4.69, 9.17) is 28.9 Å². The number of H-pyrrole nitrogens is 2. The van der Waals surface area contributed by atoms with Gasteiger partial charge in [0.1, 0.15) is 23.7 Å². The van der Waals surface area contributed by atoms with Crippen molar-refractivity contribution in [2.24, 2.45) is 11.8 Å². The van der Waals surface area contributed by atoms with E-state index in [1.165, 1.54) is 47.6 Å². The van der Waals surface area contributed by atoms with Crippen molar-refractivity contribution in [2.45, 2.75) is 139 Å². The number of likely N-dealkylation sites (tertiary alicyclic amines) is 2. The first-order valence-corrected chi connectivity index (χ1v) is 27.7. The van der Waals surface area contributed by atoms with Crippen LogP contribution >= 0.6 is 0 Å². The second-order valence-electron chi connectivity index (χ2n) is 21.8. The van der Waals surface area contributed by atoms with Crippen LogP contribution in [0.1, 0.15) is 123 Å². The number of alkyl carbamates (subject to hydrolysis) is 2. The molecule has 4 fully saturated rings. The zero-order valence-corrected chi connectivity index (χ0v) is 44.3. The lowest BCUT2D eigenvalue weighted by Crippen LogP contribution is -2.52. The van der Waals surface area contributed by atoms with Crippen LogP contribution in [0.25, 0.3) is 44.3 Å². The van der Waals surface area contributed by atoms with Crippen LogP contribution in [0.2, 0.25) is 0 Å². The molecule has 16 nitrogen and oxygen atoms in total. The van der Waals surface area contributed by atoms with E-state index in [1.54, 1.807) is 14.2 Å². The largest absolute Gasteiger partial charge is 0.453 e. The number of methoxy groups -OCH3 is 4. The maximum Gasteiger partial charge on any atom is 0.407 e. The first-order chi connectivity index (χ1) is 37.1. The van der Waals surface area contributed by atoms with E-state index in [9.17, 15) is 19.2 Å². The Kier molecular flexibility index (Phi) is 15.2. The van der Waals surface area contributed by atoms with Crippen LogP contribution in [-0.4, -0.2) is 120 Å². The Morgan fingerprint density at radius 1 is 0.566 bits per heavy atom. The Hall–Kier alpha value is -6.78. The number of nitrogens with zero attached hydrogens (tertiary/aromatic N) is 4. The number of aromatic amines is 2. The molecule has 2 saturated heterocycles. The predicted molar refractivity (Wildman–Crippen MR) is 289 cm³/mol. The Balaban J connectivity index is 0.842. The molecule has 2 saturated carbocycles. The number of hydrogen-bond donors (Lipinski definition) is 4. The van der Waals surface area contributed by atoms with Crippen LogP contribution in [0, 0.1) is 11.8 Å². The number of imidazole rings is 2. The predicted octanol–water partition coefficient (Wildman–Crippen LogP) is 9.84. The fourth-order valence-corrected chi connectivity index (χ4v) is 13.6. The summed E-state index contributed by atoms with van der Waals surface area (Å²) in [4.78, 5) is 75.6. The van der Waals surface area contributed by atoms with Gasteiger partial charge in [0, 0.05) is 52.4 Å². The summed E-state index contributed by atoms with van der Waals surface area (Å²) < 4.78 is 20.5. The van der Waals surface area contributed by atoms with Crippen molar-refractivity contribution < 1.29 is 38.1 Å². The fraction of sp³-hybridized carbons (Fsp3) is 0.500. The standard InChI is InChI=1S/C60H72N8O8/c1-73-27-25-47(65-59(71)75-3)57(69)67-51-11-7-5-9-41(51)33-53(67)55-61-45-23-21-39(31-49(45)63-55)43-29-35-13-17-37(43)19-15-36-14-18-38(20-16-35)44(30-36)40-22-24-46-50(32-40)64-56(62-46)54-34-42-10-6-8-12-52(42)68(54)58(70)48(26-28-74-2)66-60(72)76-4/h13-14,17-18,21-24,29-32,41-42,47-48,51-54H,5-12,15-16,19-20,25-28,33-34H2,1-4H3,(H,61,63)(H,62,64)(H,65,71)(H,66,72). The van der Waals surface area contributed by atoms with Gasteiger partial charge in [-0.05, 0) is 145 Å². The van der Waals surface area contributed by atoms with Gasteiger partial charge in [0.2, 0.25) is 11.8 Å². The maximum atomic E-state index is 14.5. The normalized spacial score (nSPS) is 22.9. The molecule has 2 aromatic heterocycles. The number of nitrogens with one attached hydrogen (secondary N) is 4. The van der Waals surface area contributed by atoms with E-state index in [2.05, 4.69) is 93.4 Å². The number of fused-ring (bicyclic) bond motifs is 4. The minimum Gasteiger partial charge on any atom is -0.453 e. The summed E-state index contributed by atoms with van der Waals surface area (Å²) in [6.07, 6.45) is 12.9. The molecule has 6 aliphatic carbocycles. The number of amides is 4. The molecule has 16 heteroatoms. The van der Waals surface area contributed by atoms with Gasteiger partial charge in [0.15, 0.2) is 0 Å². The number of ether oxygens (including phenoxy) is 4. The van der Waals surface area contributed by atoms with E-state index < -0.39 is 24.3 Å². The molecule has 2 aliphatic heterocycles. The summed E-state index contributed by atoms with van der Waals surface area (Å²) >= 11 is 0. The first-order valence-electron chi connectivity index (χ1n) is 27.7. The fourth-order valence-electron chi connectivity index (χ4n) is 13.6. The molecule has 8 atom stereocenters. The van der Waals surface area contributed by atoms with Crippen molar-refractivity contribution >= 4 is 46.1 Å². The Morgan fingerprint density at radius 2 is 1.00 bits per heavy atom. The summed E-state index contributed by atoms with van der Waals surface area (Å²) in [6.45, 7) is 0.655. The van der Waals surface area contributed by atoms with Crippen molar-refractivity contribution in [3.05, 3.63) is 107 Å². The number of aryl methyl sites for hydroxylation is 4. The van der Waals surface area contributed by atoms with Crippen LogP contribution in [0.5, 0.6) is 0 Å². The van der Waals surface area contributed by atoms with Crippen LogP contribution in [0.3, 0.4) is 0 Å². The van der Waals surface area contributed by atoms with Gasteiger partial charge in [-0.1, -0.05) is 74.2 Å². The third kappa shape index (κ3) is 10.3. The van der Waals surface area contributed by atoms with Gasteiger partial charge in [0.25, 0.3) is 0 Å². The molecule has 0 radical (unpaired) electrons. The van der Waals surface area contributed by atoms with Gasteiger partial charge in [0.05, 0.1) is 48.4 Å². The van der Waals surface area contributed by atoms with Crippen LogP contribution in [0.15, 0.2) is 72.8 Å². The second kappa shape index (κ2) is 22.4. The quantitative estimate of drug-likeness (QED) is 0.0816. The molecule has 8 unspecified atom stereocenters. The number of carbonyl (C=O) groups excluding carboxylic acids is 4. The molecule has 4 bridgehead atoms. The van der Waals surface area contributed by atoms with Crippen molar-refractivity contribution in [2.75, 3.05) is 41.7 Å². The highest BCUT2D eigenvalue weighted by Gasteiger charge is 2.49. The molecule has 0 spiro atoms. The number of hydrogen-bond acceptors (Lipinski definition) is 10. The number of benzene rings is 4. The average Bonchev–Trinajstić information content (AvgIpc) is 4.25. The molecular weight excluding hydrogens is 961 g/mol. The van der Waals surface area contributed by atoms with E-state index in [1.807, 2.05) is 9.80 Å². The molecule has 4 heterocycles. The van der Waals surface area contributed by atoms with Gasteiger partial charge in [-0.2, -0.15) is 0 Å². The molecule has 4 aromatic carbocycles. The van der Waals surface area contributed by atoms with E-state index in [0.717, 1.165) is 135 Å². The third-order valence-electron chi connectivity index (χ3n) is 17.4.